The molecule has 2 heterocycles. The van der Waals surface area contributed by atoms with E-state index in [-0.39, 0.29) is 0 Å². The third-order valence-electron chi connectivity index (χ3n) is 3.05. The summed E-state index contributed by atoms with van der Waals surface area (Å²) in [6, 6.07) is 7.60. The van der Waals surface area contributed by atoms with Crippen LogP contribution in [-0.4, -0.2) is 11.3 Å². The van der Waals surface area contributed by atoms with E-state index < -0.39 is 0 Å². The summed E-state index contributed by atoms with van der Waals surface area (Å²) in [6.07, 6.45) is 2.69. The summed E-state index contributed by atoms with van der Waals surface area (Å²) in [6.45, 7) is 2.10. The number of carbonyl (C=O) groups is 1. The standard InChI is InChI=1S/C15H11NOS/c1-10-8-18-9-14(10)12-4-5-16-15-3-2-11(7-17)6-13(12)15/h2-9H,1H3. The Balaban J connectivity index is 2.35. The first-order valence-electron chi connectivity index (χ1n) is 5.66. The average Bonchev–Trinajstić information content (AvgIpc) is 2.83. The van der Waals surface area contributed by atoms with E-state index in [0.29, 0.717) is 5.56 Å². The van der Waals surface area contributed by atoms with Gasteiger partial charge in [-0.15, -0.1) is 0 Å². The van der Waals surface area contributed by atoms with Crippen molar-refractivity contribution in [3.05, 3.63) is 52.3 Å². The van der Waals surface area contributed by atoms with E-state index in [4.69, 9.17) is 0 Å². The van der Waals surface area contributed by atoms with Gasteiger partial charge in [-0.2, -0.15) is 11.3 Å². The van der Waals surface area contributed by atoms with Crippen LogP contribution in [0.15, 0.2) is 41.2 Å². The van der Waals surface area contributed by atoms with Gasteiger partial charge in [0.05, 0.1) is 5.52 Å². The molecule has 0 fully saturated rings. The third-order valence-corrected chi connectivity index (χ3v) is 3.91. The Kier molecular flexibility index (Phi) is 2.68. The SMILES string of the molecule is Cc1cscc1-c1ccnc2ccc(C=O)cc12. The molecule has 2 aromatic heterocycles. The van der Waals surface area contributed by atoms with Gasteiger partial charge in [-0.3, -0.25) is 9.78 Å². The lowest BCUT2D eigenvalue weighted by atomic mass is 10.00. The Labute approximate surface area is 109 Å². The maximum Gasteiger partial charge on any atom is 0.150 e. The zero-order valence-electron chi connectivity index (χ0n) is 9.88. The van der Waals surface area contributed by atoms with E-state index in [1.54, 1.807) is 17.4 Å². The first kappa shape index (κ1) is 11.1. The van der Waals surface area contributed by atoms with Crippen molar-refractivity contribution < 1.29 is 4.79 Å². The lowest BCUT2D eigenvalue weighted by Crippen LogP contribution is -1.87. The van der Waals surface area contributed by atoms with Gasteiger partial charge in [0, 0.05) is 17.1 Å². The van der Waals surface area contributed by atoms with Crippen LogP contribution in [0.5, 0.6) is 0 Å². The summed E-state index contributed by atoms with van der Waals surface area (Å²) in [4.78, 5) is 15.2. The van der Waals surface area contributed by atoms with E-state index in [2.05, 4.69) is 22.7 Å². The van der Waals surface area contributed by atoms with Crippen LogP contribution < -0.4 is 0 Å². The molecule has 2 nitrogen and oxygen atoms in total. The van der Waals surface area contributed by atoms with Crippen LogP contribution in [0.3, 0.4) is 0 Å². The van der Waals surface area contributed by atoms with Crippen LogP contribution in [0.25, 0.3) is 22.0 Å². The van der Waals surface area contributed by atoms with E-state index in [9.17, 15) is 4.79 Å². The summed E-state index contributed by atoms with van der Waals surface area (Å²) in [5.74, 6) is 0. The Bertz CT molecular complexity index is 730. The average molecular weight is 253 g/mol. The molecule has 18 heavy (non-hydrogen) atoms. The predicted molar refractivity (Wildman–Crippen MR) is 75.2 cm³/mol. The zero-order valence-corrected chi connectivity index (χ0v) is 10.7. The van der Waals surface area contributed by atoms with Gasteiger partial charge in [0.15, 0.2) is 0 Å². The number of aryl methyl sites for hydroxylation is 1. The van der Waals surface area contributed by atoms with E-state index >= 15 is 0 Å². The van der Waals surface area contributed by atoms with Crippen molar-refractivity contribution in [2.24, 2.45) is 0 Å². The molecule has 88 valence electrons. The number of fused-ring (bicyclic) bond motifs is 1. The molecule has 0 spiro atoms. The van der Waals surface area contributed by atoms with Crippen LogP contribution in [0, 0.1) is 6.92 Å². The molecule has 3 aromatic rings. The van der Waals surface area contributed by atoms with Crippen molar-refractivity contribution in [2.45, 2.75) is 6.92 Å². The monoisotopic (exact) mass is 253 g/mol. The molecule has 0 atom stereocenters. The number of hydrogen-bond acceptors (Lipinski definition) is 3. The molecule has 3 rings (SSSR count). The van der Waals surface area contributed by atoms with Crippen LogP contribution in [0.4, 0.5) is 0 Å². The highest BCUT2D eigenvalue weighted by molar-refractivity contribution is 7.08. The second kappa shape index (κ2) is 4.35. The molecule has 1 aromatic carbocycles. The first-order valence-corrected chi connectivity index (χ1v) is 6.61. The first-order chi connectivity index (χ1) is 8.79. The van der Waals surface area contributed by atoms with Crippen molar-refractivity contribution in [3.8, 4) is 11.1 Å². The van der Waals surface area contributed by atoms with Gasteiger partial charge < -0.3 is 0 Å². The maximum atomic E-state index is 10.9. The van der Waals surface area contributed by atoms with Gasteiger partial charge in [-0.25, -0.2) is 0 Å². The third kappa shape index (κ3) is 1.73. The van der Waals surface area contributed by atoms with Crippen LogP contribution in [0.1, 0.15) is 15.9 Å². The lowest BCUT2D eigenvalue weighted by Gasteiger charge is -2.06. The molecule has 0 aliphatic rings. The van der Waals surface area contributed by atoms with E-state index in [1.807, 2.05) is 24.4 Å². The second-order valence-corrected chi connectivity index (χ2v) is 4.96. The lowest BCUT2D eigenvalue weighted by molar-refractivity contribution is 0.112. The Hall–Kier alpha value is -2.00. The molecule has 0 aliphatic carbocycles. The van der Waals surface area contributed by atoms with Crippen molar-refractivity contribution in [3.63, 3.8) is 0 Å². The number of aldehydes is 1. The largest absolute Gasteiger partial charge is 0.298 e. The van der Waals surface area contributed by atoms with Gasteiger partial charge in [-0.1, -0.05) is 0 Å². The molecule has 3 heteroatoms. The molecule has 0 unspecified atom stereocenters. The summed E-state index contributed by atoms with van der Waals surface area (Å²) < 4.78 is 0. The zero-order chi connectivity index (χ0) is 12.5. The molecule has 0 bridgehead atoms. The molecule has 0 radical (unpaired) electrons. The molecule has 0 aliphatic heterocycles. The Morgan fingerprint density at radius 3 is 2.78 bits per heavy atom. The highest BCUT2D eigenvalue weighted by atomic mass is 32.1. The predicted octanol–water partition coefficient (Wildman–Crippen LogP) is 4.08. The van der Waals surface area contributed by atoms with E-state index in [1.165, 1.54) is 11.1 Å². The van der Waals surface area contributed by atoms with Gasteiger partial charge >= 0.3 is 0 Å². The van der Waals surface area contributed by atoms with Crippen LogP contribution in [-0.2, 0) is 0 Å². The number of nitrogens with zero attached hydrogens (tertiary/aromatic N) is 1. The molecular formula is C15H11NOS. The Morgan fingerprint density at radius 2 is 2.06 bits per heavy atom. The number of hydrogen-bond donors (Lipinski definition) is 0. The highest BCUT2D eigenvalue weighted by Gasteiger charge is 2.08. The van der Waals surface area contributed by atoms with E-state index in [0.717, 1.165) is 22.8 Å². The van der Waals surface area contributed by atoms with Crippen molar-refractivity contribution in [2.75, 3.05) is 0 Å². The smallest absolute Gasteiger partial charge is 0.150 e. The highest BCUT2D eigenvalue weighted by Crippen LogP contribution is 2.32. The minimum absolute atomic E-state index is 0.685. The number of thiophene rings is 1. The van der Waals surface area contributed by atoms with Crippen LogP contribution >= 0.6 is 11.3 Å². The molecule has 0 amide bonds. The topological polar surface area (TPSA) is 30.0 Å². The summed E-state index contributed by atoms with van der Waals surface area (Å²) in [7, 11) is 0. The molecule has 0 saturated heterocycles. The number of carbonyl (C=O) groups excluding carboxylic acids is 1. The fourth-order valence-electron chi connectivity index (χ4n) is 2.11. The van der Waals surface area contributed by atoms with Gasteiger partial charge in [0.25, 0.3) is 0 Å². The molecule has 0 N–H and O–H groups in total. The summed E-state index contributed by atoms with van der Waals surface area (Å²) in [5, 5.41) is 5.30. The van der Waals surface area contributed by atoms with Gasteiger partial charge in [0.1, 0.15) is 6.29 Å². The number of benzene rings is 1. The number of pyridine rings is 1. The normalized spacial score (nSPS) is 10.7. The van der Waals surface area contributed by atoms with Gasteiger partial charge in [0.2, 0.25) is 0 Å². The fraction of sp³-hybridized carbons (Fsp3) is 0.0667. The van der Waals surface area contributed by atoms with Crippen LogP contribution in [0.2, 0.25) is 0 Å². The van der Waals surface area contributed by atoms with Crippen molar-refractivity contribution in [1.82, 2.24) is 4.98 Å². The molecule has 0 saturated carbocycles. The minimum atomic E-state index is 0.685. The van der Waals surface area contributed by atoms with Gasteiger partial charge in [-0.05, 0) is 58.6 Å². The maximum absolute atomic E-state index is 10.9. The summed E-state index contributed by atoms with van der Waals surface area (Å²) in [5.41, 5.74) is 5.22. The minimum Gasteiger partial charge on any atom is -0.298 e. The number of aromatic nitrogens is 1. The van der Waals surface area contributed by atoms with Crippen molar-refractivity contribution >= 4 is 28.5 Å². The fourth-order valence-corrected chi connectivity index (χ4v) is 2.96. The Morgan fingerprint density at radius 1 is 1.17 bits per heavy atom. The molecular weight excluding hydrogens is 242 g/mol. The quantitative estimate of drug-likeness (QED) is 0.644. The second-order valence-electron chi connectivity index (χ2n) is 4.22. The number of rotatable bonds is 2. The van der Waals surface area contributed by atoms with Crippen molar-refractivity contribution in [1.29, 1.82) is 0 Å². The summed E-state index contributed by atoms with van der Waals surface area (Å²) >= 11 is 1.69.